The molecule has 10 N–H and O–H groups in total. The summed E-state index contributed by atoms with van der Waals surface area (Å²) < 4.78 is 89.2. The fraction of sp³-hybridized carbons (Fsp3) is 0.939. The van der Waals surface area contributed by atoms with Gasteiger partial charge in [0.25, 0.3) is 0 Å². The number of fused-ring (bicyclic) bond motifs is 5. The fourth-order valence-electron chi connectivity index (χ4n) is 14.1. The maximum atomic E-state index is 13.1. The van der Waals surface area contributed by atoms with Crippen LogP contribution < -0.4 is 29.6 Å². The molecule has 0 radical (unpaired) electrons. The molecule has 27 atom stereocenters. The van der Waals surface area contributed by atoms with Gasteiger partial charge in [-0.25, -0.2) is 8.42 Å². The summed E-state index contributed by atoms with van der Waals surface area (Å²) >= 11 is 0. The van der Waals surface area contributed by atoms with Crippen LogP contribution in [-0.2, 0) is 57.3 Å². The molecule has 0 spiro atoms. The van der Waals surface area contributed by atoms with Crippen LogP contribution in [0.1, 0.15) is 106 Å². The number of hydrogen-bond donors (Lipinski definition) is 10. The zero-order valence-electron chi connectivity index (χ0n) is 43.5. The van der Waals surface area contributed by atoms with Crippen LogP contribution in [0.3, 0.4) is 0 Å². The van der Waals surface area contributed by atoms with E-state index in [1.807, 2.05) is 13.8 Å². The van der Waals surface area contributed by atoms with Gasteiger partial charge >= 0.3 is 29.6 Å². The maximum absolute atomic E-state index is 13.1. The first kappa shape index (κ1) is 61.2. The molecule has 0 aromatic carbocycles. The van der Waals surface area contributed by atoms with Gasteiger partial charge < -0.3 is 93.5 Å². The first-order valence-electron chi connectivity index (χ1n) is 25.9. The summed E-state index contributed by atoms with van der Waals surface area (Å²) in [4.78, 5) is 13.1. The molecule has 0 bridgehead atoms. The van der Waals surface area contributed by atoms with E-state index in [0.29, 0.717) is 32.1 Å². The number of carbonyl (C=O) groups excluding carboxylic acids is 1. The Hall–Kier alpha value is -0.440. The molecule has 4 saturated heterocycles. The number of ether oxygens (including phenoxy) is 8. The molecule has 4 aliphatic carbocycles. The van der Waals surface area contributed by atoms with Crippen molar-refractivity contribution in [3.63, 3.8) is 0 Å². The Bertz CT molecular complexity index is 2070. The third-order valence-corrected chi connectivity index (χ3v) is 18.3. The molecular formula is C49H79NaO23S. The smallest absolute Gasteiger partial charge is 0.726 e. The van der Waals surface area contributed by atoms with Gasteiger partial charge in [0, 0.05) is 12.8 Å². The van der Waals surface area contributed by atoms with Gasteiger partial charge in [0.2, 0.25) is 10.4 Å². The summed E-state index contributed by atoms with van der Waals surface area (Å²) in [6, 6.07) is 0. The van der Waals surface area contributed by atoms with E-state index in [9.17, 15) is 68.8 Å². The number of rotatable bonds is 15. The Labute approximate surface area is 454 Å². The predicted molar refractivity (Wildman–Crippen MR) is 247 cm³/mol. The average molecular weight is 1090 g/mol. The van der Waals surface area contributed by atoms with Gasteiger partial charge in [-0.05, 0) is 106 Å². The molecule has 420 valence electrons. The van der Waals surface area contributed by atoms with Crippen molar-refractivity contribution < 1.29 is 140 Å². The zero-order valence-corrected chi connectivity index (χ0v) is 46.3. The molecular weight excluding hydrogens is 1010 g/mol. The van der Waals surface area contributed by atoms with E-state index in [0.717, 1.165) is 12.0 Å². The Kier molecular flexibility index (Phi) is 19.5. The minimum Gasteiger partial charge on any atom is -0.726 e. The molecule has 0 aromatic heterocycles. The summed E-state index contributed by atoms with van der Waals surface area (Å²) in [5.41, 5.74) is -1.15. The number of aliphatic hydroxyl groups excluding tert-OH is 9. The van der Waals surface area contributed by atoms with Crippen molar-refractivity contribution in [2.45, 2.75) is 235 Å². The number of Topliss-reactive ketones (excluding diaryl/α,β-unsaturated/α-hetero) is 1. The number of ketones is 1. The first-order valence-corrected chi connectivity index (χ1v) is 27.2. The van der Waals surface area contributed by atoms with Crippen LogP contribution in [-0.4, -0.2) is 211 Å². The van der Waals surface area contributed by atoms with Gasteiger partial charge in [0.15, 0.2) is 25.2 Å². The Balaban J connectivity index is 0.00000800. The van der Waals surface area contributed by atoms with Crippen molar-refractivity contribution in [2.24, 2.45) is 40.4 Å². The third-order valence-electron chi connectivity index (χ3n) is 17.8. The number of carbonyl (C=O) groups is 1. The van der Waals surface area contributed by atoms with E-state index in [-0.39, 0.29) is 78.3 Å². The molecule has 74 heavy (non-hydrogen) atoms. The fourth-order valence-corrected chi connectivity index (χ4v) is 14.6. The van der Waals surface area contributed by atoms with Crippen LogP contribution in [0.5, 0.6) is 0 Å². The minimum atomic E-state index is -5.09. The molecule has 3 saturated carbocycles. The molecule has 23 nitrogen and oxygen atoms in total. The van der Waals surface area contributed by atoms with Crippen molar-refractivity contribution in [1.29, 1.82) is 0 Å². The van der Waals surface area contributed by atoms with Crippen LogP contribution in [0, 0.1) is 40.4 Å². The predicted octanol–water partition coefficient (Wildman–Crippen LogP) is -4.23. The summed E-state index contributed by atoms with van der Waals surface area (Å²) in [7, 11) is -5.09. The molecule has 8 rings (SSSR count). The van der Waals surface area contributed by atoms with E-state index in [4.69, 9.17) is 42.1 Å². The summed E-state index contributed by atoms with van der Waals surface area (Å²) in [6.45, 7) is 11.9. The average Bonchev–Trinajstić information content (AvgIpc) is 3.67. The van der Waals surface area contributed by atoms with Crippen molar-refractivity contribution in [3.8, 4) is 0 Å². The number of hydrogen-bond acceptors (Lipinski definition) is 23. The Morgan fingerprint density at radius 3 is 2.01 bits per heavy atom. The van der Waals surface area contributed by atoms with E-state index in [1.165, 1.54) is 13.8 Å². The van der Waals surface area contributed by atoms with Gasteiger partial charge in [-0.1, -0.05) is 39.3 Å². The normalized spacial score (nSPS) is 49.6. The van der Waals surface area contributed by atoms with E-state index < -0.39 is 169 Å². The van der Waals surface area contributed by atoms with Crippen LogP contribution in [0.2, 0.25) is 0 Å². The SMILES string of the molecule is CC(C)CC(=O)C[C@](C)(O)[C@H]1CC[C@H]2[C@@H]3C[C@H](O[C@@H]4O[C@H](C)[C@@H](O)[C@H](O[C@@H]5OC[C@@H](O[C@@H]6OC[C@@H](O)[C@H](O)[C@H]6O)[C@H](O)[C@H]5O[C@@H]5O[C@H](C)[C@@H](O)[C@H](O)[C@H]5O)[C@H]4O)[C@H]4C[C@@H](OS(=O)(=O)[O-])CC[C@]4(C)C3=CC[C@@]21C.[Na+]. The van der Waals surface area contributed by atoms with Gasteiger partial charge in [-0.2, -0.15) is 0 Å². The molecule has 4 aliphatic heterocycles. The Morgan fingerprint density at radius 1 is 0.743 bits per heavy atom. The molecule has 8 aliphatic rings. The van der Waals surface area contributed by atoms with Crippen molar-refractivity contribution in [2.75, 3.05) is 13.2 Å². The van der Waals surface area contributed by atoms with Crippen LogP contribution in [0.15, 0.2) is 11.6 Å². The van der Waals surface area contributed by atoms with Gasteiger partial charge in [-0.3, -0.25) is 8.98 Å². The zero-order chi connectivity index (χ0) is 53.4. The van der Waals surface area contributed by atoms with Crippen molar-refractivity contribution in [3.05, 3.63) is 11.6 Å². The Morgan fingerprint density at radius 2 is 1.35 bits per heavy atom. The van der Waals surface area contributed by atoms with Gasteiger partial charge in [0.1, 0.15) is 79.0 Å². The monoisotopic (exact) mass is 1090 g/mol. The molecule has 25 heteroatoms. The standard InChI is InChI=1S/C49H80O23S.Na/c1-20(2)14-23(50)17-49(7,60)32-9-8-26-25-16-30(28-15-24(72-73(61,62)63)10-12-47(28,5)27(25)11-13-48(26,32)6)68-45-40(59)41(34(53)22(4)67-45)70-46-42(71-44-39(58)37(56)33(52)21(3)66-44)36(55)31(19-65-46)69-43-38(57)35(54)29(51)18-64-43;/h11,20-22,24-26,28-46,51-60H,8-10,12-19H2,1-7H3,(H,61,62,63);/q;+1/p-1/t21-,22-,24+,25+,26+,28-,29-,30+,31-,32+,33-,34-,35+,36+,37+,38-,39-,40-,41+,42-,43+,44+,45+,46+,47-,48+,49+;/m1./s1. The summed E-state index contributed by atoms with van der Waals surface area (Å²) in [5.74, 6) is -0.636. The molecule has 4 heterocycles. The van der Waals surface area contributed by atoms with Gasteiger partial charge in [0.05, 0.1) is 43.2 Å². The molecule has 7 fully saturated rings. The largest absolute Gasteiger partial charge is 1.00 e. The van der Waals surface area contributed by atoms with E-state index in [1.54, 1.807) is 6.92 Å². The quantitative estimate of drug-likeness (QED) is 0.0321. The number of aliphatic hydroxyl groups is 10. The summed E-state index contributed by atoms with van der Waals surface area (Å²) in [6.07, 6.45) is -24.7. The summed E-state index contributed by atoms with van der Waals surface area (Å²) in [5, 5.41) is 111. The maximum Gasteiger partial charge on any atom is 1.00 e. The second-order valence-corrected chi connectivity index (χ2v) is 24.4. The second-order valence-electron chi connectivity index (χ2n) is 23.4. The van der Waals surface area contributed by atoms with Crippen molar-refractivity contribution >= 4 is 16.2 Å². The second kappa shape index (κ2) is 23.6. The first-order chi connectivity index (χ1) is 34.0. The molecule has 0 aromatic rings. The molecule has 0 unspecified atom stereocenters. The van der Waals surface area contributed by atoms with Gasteiger partial charge in [-0.15, -0.1) is 0 Å². The van der Waals surface area contributed by atoms with Crippen LogP contribution in [0.25, 0.3) is 0 Å². The number of allylic oxidation sites excluding steroid dienone is 2. The minimum absolute atomic E-state index is 0. The third kappa shape index (κ3) is 12.2. The van der Waals surface area contributed by atoms with Crippen LogP contribution in [0.4, 0.5) is 0 Å². The van der Waals surface area contributed by atoms with E-state index in [2.05, 4.69) is 19.9 Å². The molecule has 0 amide bonds. The van der Waals surface area contributed by atoms with Crippen LogP contribution >= 0.6 is 0 Å². The topological polar surface area (TPSA) is 360 Å². The van der Waals surface area contributed by atoms with E-state index >= 15 is 0 Å². The van der Waals surface area contributed by atoms with Crippen molar-refractivity contribution in [1.82, 2.24) is 0 Å².